The summed E-state index contributed by atoms with van der Waals surface area (Å²) >= 11 is 0. The van der Waals surface area contributed by atoms with Crippen LogP contribution in [0.25, 0.3) is 0 Å². The van der Waals surface area contributed by atoms with E-state index < -0.39 is 35.6 Å². The Morgan fingerprint density at radius 3 is 1.27 bits per heavy atom. The number of carboxylic acids is 4. The number of piperidine rings is 4. The molecule has 6 N–H and O–H groups in total. The third-order valence-corrected chi connectivity index (χ3v) is 18.8. The van der Waals surface area contributed by atoms with Gasteiger partial charge in [-0.15, -0.1) is 0 Å². The molecule has 6 rings (SSSR count). The number of rotatable bonds is 46. The van der Waals surface area contributed by atoms with Crippen LogP contribution in [0.4, 0.5) is 0 Å². The van der Waals surface area contributed by atoms with Gasteiger partial charge in [-0.3, -0.25) is 43.2 Å². The molecule has 0 aromatic heterocycles. The summed E-state index contributed by atoms with van der Waals surface area (Å²) in [5.41, 5.74) is 1.38. The minimum Gasteiger partial charge on any atom is -0.481 e. The van der Waals surface area contributed by atoms with E-state index in [-0.39, 0.29) is 92.0 Å². The lowest BCUT2D eigenvalue weighted by Gasteiger charge is -2.33. The van der Waals surface area contributed by atoms with E-state index in [1.807, 2.05) is 136 Å². The molecule has 4 fully saturated rings. The number of likely N-dealkylation sites (tertiary alicyclic amines) is 4. The average molecular weight is 1500 g/mol. The molecule has 4 saturated heterocycles. The maximum atomic E-state index is 12.4. The zero-order valence-electron chi connectivity index (χ0n) is 65.2. The maximum Gasteiger partial charge on any atom is 0.303 e. The predicted molar refractivity (Wildman–Crippen MR) is 424 cm³/mol. The molecule has 4 heterocycles. The van der Waals surface area contributed by atoms with Gasteiger partial charge in [0, 0.05) is 104 Å². The van der Waals surface area contributed by atoms with Crippen molar-refractivity contribution in [1.29, 1.82) is 0 Å². The van der Waals surface area contributed by atoms with Crippen LogP contribution in [0.1, 0.15) is 225 Å². The lowest BCUT2D eigenvalue weighted by molar-refractivity contribution is -0.138. The Balaban J connectivity index is 0.000000374. The number of carbonyl (C=O) groups excluding carboxylic acids is 5. The number of carbonyl (C=O) groups is 9. The van der Waals surface area contributed by atoms with Crippen LogP contribution in [0.2, 0.25) is 0 Å². The number of aliphatic carboxylic acids is 4. The number of allylic oxidation sites excluding steroid dienone is 5. The highest BCUT2D eigenvalue weighted by molar-refractivity contribution is 5.90. The van der Waals surface area contributed by atoms with Crippen molar-refractivity contribution >= 4 is 53.3 Å². The molecule has 2 aromatic carbocycles. The zero-order chi connectivity index (χ0) is 79.2. The largest absolute Gasteiger partial charge is 0.481 e. The van der Waals surface area contributed by atoms with Crippen molar-refractivity contribution in [3.63, 3.8) is 0 Å². The molecule has 0 radical (unpaired) electrons. The molecule has 4 aliphatic rings. The van der Waals surface area contributed by atoms with E-state index in [1.54, 1.807) is 26.2 Å². The Hall–Kier alpha value is -8.37. The van der Waals surface area contributed by atoms with E-state index in [9.17, 15) is 53.4 Å². The molecular formula is C87H128N4O17. The molecule has 598 valence electrons. The minimum absolute atomic E-state index is 0.0105. The number of aliphatic hydroxyl groups excluding tert-OH is 1. The highest BCUT2D eigenvalue weighted by Gasteiger charge is 2.30. The lowest BCUT2D eigenvalue weighted by atomic mass is 9.98. The van der Waals surface area contributed by atoms with E-state index in [4.69, 9.17) is 29.9 Å². The minimum atomic E-state index is -1.05. The summed E-state index contributed by atoms with van der Waals surface area (Å²) < 4.78 is 11.0. The van der Waals surface area contributed by atoms with E-state index in [0.717, 1.165) is 89.9 Å². The van der Waals surface area contributed by atoms with Crippen LogP contribution in [0.5, 0.6) is 0 Å². The molecule has 3 unspecified atom stereocenters. The number of carboxylic acid groups (broad SMARTS) is 4. The molecule has 108 heavy (non-hydrogen) atoms. The summed E-state index contributed by atoms with van der Waals surface area (Å²) in [5, 5.41) is 55.2. The van der Waals surface area contributed by atoms with Crippen LogP contribution < -0.4 is 0 Å². The van der Waals surface area contributed by atoms with Crippen molar-refractivity contribution in [2.75, 3.05) is 46.5 Å². The van der Waals surface area contributed by atoms with Gasteiger partial charge in [0.05, 0.1) is 43.0 Å². The number of ketones is 1. The second-order valence-corrected chi connectivity index (χ2v) is 28.8. The third-order valence-electron chi connectivity index (χ3n) is 18.8. The summed E-state index contributed by atoms with van der Waals surface area (Å²) in [4.78, 5) is 110. The van der Waals surface area contributed by atoms with Crippen LogP contribution in [0, 0.1) is 5.92 Å². The number of hydrogen-bond donors (Lipinski definition) is 6. The van der Waals surface area contributed by atoms with Crippen molar-refractivity contribution in [3.8, 4) is 0 Å². The maximum absolute atomic E-state index is 12.4. The molecule has 2 aromatic rings. The van der Waals surface area contributed by atoms with Crippen molar-refractivity contribution in [3.05, 3.63) is 169 Å². The van der Waals surface area contributed by atoms with Gasteiger partial charge in [0.15, 0.2) is 5.78 Å². The van der Waals surface area contributed by atoms with Crippen LogP contribution in [0.15, 0.2) is 158 Å². The number of methoxy groups -OCH3 is 1. The van der Waals surface area contributed by atoms with Gasteiger partial charge < -0.3 is 59.7 Å². The number of ether oxygens (including phenoxy) is 2. The number of nitrogens with zero attached hydrogens (tertiary/aromatic N) is 4. The van der Waals surface area contributed by atoms with Crippen LogP contribution >= 0.6 is 0 Å². The molecular weight excluding hydrogens is 1370 g/mol. The molecule has 21 nitrogen and oxygen atoms in total. The van der Waals surface area contributed by atoms with E-state index in [2.05, 4.69) is 50.3 Å². The Morgan fingerprint density at radius 2 is 0.889 bits per heavy atom. The fraction of sp³-hybridized carbons (Fsp3) is 0.575. The number of hydrogen-bond acceptors (Lipinski definition) is 13. The summed E-state index contributed by atoms with van der Waals surface area (Å²) in [6.45, 7) is 11.0. The van der Waals surface area contributed by atoms with E-state index >= 15 is 0 Å². The lowest BCUT2D eigenvalue weighted by Crippen LogP contribution is -2.43. The molecule has 0 aliphatic carbocycles. The van der Waals surface area contributed by atoms with Crippen molar-refractivity contribution in [2.24, 2.45) is 5.92 Å². The van der Waals surface area contributed by atoms with Gasteiger partial charge in [-0.25, -0.2) is 0 Å². The van der Waals surface area contributed by atoms with Crippen LogP contribution in [-0.4, -0.2) is 192 Å². The van der Waals surface area contributed by atoms with Gasteiger partial charge in [0.1, 0.15) is 5.60 Å². The average Bonchev–Trinajstić information content (AvgIpc) is 0.863. The molecule has 7 atom stereocenters. The number of amides is 4. The first kappa shape index (κ1) is 93.8. The second kappa shape index (κ2) is 56.8. The number of aliphatic hydroxyl groups is 2. The normalized spacial score (nSPS) is 19.2. The van der Waals surface area contributed by atoms with Gasteiger partial charge in [-0.1, -0.05) is 179 Å². The summed E-state index contributed by atoms with van der Waals surface area (Å²) in [7, 11) is 1.71. The van der Waals surface area contributed by atoms with Gasteiger partial charge in [-0.2, -0.15) is 0 Å². The first-order valence-corrected chi connectivity index (χ1v) is 39.4. The standard InChI is InChI=1S/2C23H31NO4.C21H33NO4.C20H33NO5/c1-28-21(18-19-10-5-4-6-11-19)16-15-20-12-9-13-22(25)24(20)17-8-3-2-7-14-23(26)27;25-21(16-14-19-9-4-3-5-10-19)17-15-20-11-8-12-22(26)24(20)18-7-2-1-6-13-23(27)28;1-17(2)9-7-11-19(23)15-14-18-10-8-12-20(24)22(18)16-6-4-3-5-13-21(25)26;1-3-15-26-16-20(2,25)13-12-17-9-8-10-18(22)21(17)14-7-5-4-6-11-19(23)24/h3-6,8,10-11,15-16,20-21H,2,7,9,12-14,17-18H2,1H3,(H,26,27);2-5,7,9-10,15,17,20-21,25H,1,6,8,11-14,16,18H2,(H,27,28);4,6,14-15,17-18H,3,5,7-13,16H2,1-2H3,(H,25,26);5,7,12-13,17,25H,3-4,6,8-11,14-16H2,1-2H3,(H,23,24)/t2*20-,21?;18-;17-,20?/m1111/s1. The number of aryl methyl sites for hydroxylation is 1. The molecule has 0 saturated carbocycles. The summed E-state index contributed by atoms with van der Waals surface area (Å²) in [6, 6.07) is 20.4. The second-order valence-electron chi connectivity index (χ2n) is 28.8. The first-order chi connectivity index (χ1) is 51.9. The van der Waals surface area contributed by atoms with Gasteiger partial charge >= 0.3 is 23.9 Å². The molecule has 0 bridgehead atoms. The fourth-order valence-electron chi connectivity index (χ4n) is 12.7. The Kier molecular flexibility index (Phi) is 49.4. The van der Waals surface area contributed by atoms with Crippen molar-refractivity contribution < 1.29 is 83.3 Å². The van der Waals surface area contributed by atoms with Gasteiger partial charge in [0.2, 0.25) is 23.6 Å². The first-order valence-electron chi connectivity index (χ1n) is 39.4. The third kappa shape index (κ3) is 44.2. The topological polar surface area (TPSA) is 306 Å². The van der Waals surface area contributed by atoms with E-state index in [1.165, 1.54) is 11.1 Å². The van der Waals surface area contributed by atoms with Gasteiger partial charge in [-0.05, 0) is 158 Å². The monoisotopic (exact) mass is 1500 g/mol. The van der Waals surface area contributed by atoms with Crippen molar-refractivity contribution in [1.82, 2.24) is 19.6 Å². The Labute approximate surface area is 643 Å². The van der Waals surface area contributed by atoms with Crippen LogP contribution in [0.3, 0.4) is 0 Å². The predicted octanol–water partition coefficient (Wildman–Crippen LogP) is 14.8. The van der Waals surface area contributed by atoms with Gasteiger partial charge in [0.25, 0.3) is 0 Å². The van der Waals surface area contributed by atoms with Crippen molar-refractivity contribution in [2.45, 2.75) is 269 Å². The molecule has 0 spiro atoms. The number of benzene rings is 2. The smallest absolute Gasteiger partial charge is 0.303 e. The molecule has 4 amide bonds. The fourth-order valence-corrected chi connectivity index (χ4v) is 12.7. The quantitative estimate of drug-likeness (QED) is 0.0204. The molecule has 21 heteroatoms. The van der Waals surface area contributed by atoms with E-state index in [0.29, 0.717) is 122 Å². The highest BCUT2D eigenvalue weighted by atomic mass is 16.5. The Bertz CT molecular complexity index is 3190. The Morgan fingerprint density at radius 1 is 0.509 bits per heavy atom. The summed E-state index contributed by atoms with van der Waals surface area (Å²) in [5.74, 6) is -1.84. The number of unbranched alkanes of at least 4 members (excludes halogenated alkanes) is 4. The summed E-state index contributed by atoms with van der Waals surface area (Å²) in [6.07, 6.45) is 51.1. The van der Waals surface area contributed by atoms with Crippen LogP contribution in [-0.2, 0) is 65.5 Å². The SMILES string of the molecule is CC(C)CCCC(=O)C=C[C@H]1CCCC(=O)N1CC=CCCCC(=O)O.CCCOCC(C)(O)C=C[C@H]1CCCC(=O)N1CC=CCCCC(=O)O.COC(C=C[C@H]1CCCC(=O)N1CC=CCCCC(=O)O)Cc1ccccc1.O=C(O)CCCC=CCN1C(=O)CCC[C@@H]1C=CC(O)CCc1ccccc1. The zero-order valence-corrected chi connectivity index (χ0v) is 65.2. The molecule has 4 aliphatic heterocycles. The highest BCUT2D eigenvalue weighted by Crippen LogP contribution is 2.25.